The van der Waals surface area contributed by atoms with Crippen molar-refractivity contribution < 1.29 is 38.8 Å². The van der Waals surface area contributed by atoms with Crippen molar-refractivity contribution in [2.45, 2.75) is 65.8 Å². The van der Waals surface area contributed by atoms with Gasteiger partial charge in [-0.05, 0) is 32.3 Å². The Morgan fingerprint density at radius 3 is 2.59 bits per heavy atom. The van der Waals surface area contributed by atoms with Gasteiger partial charge in [-0.25, -0.2) is 14.6 Å². The normalized spacial score (nSPS) is 23.7. The van der Waals surface area contributed by atoms with Gasteiger partial charge in [-0.2, -0.15) is 0 Å². The summed E-state index contributed by atoms with van der Waals surface area (Å²) in [6.07, 6.45) is -1.71. The van der Waals surface area contributed by atoms with Crippen LogP contribution in [0.15, 0.2) is 21.5 Å². The minimum absolute atomic E-state index is 0.0633. The van der Waals surface area contributed by atoms with Gasteiger partial charge in [-0.1, -0.05) is 18.7 Å². The van der Waals surface area contributed by atoms with Gasteiger partial charge in [-0.3, -0.25) is 4.79 Å². The van der Waals surface area contributed by atoms with Gasteiger partial charge < -0.3 is 29.3 Å². The molecule has 10 nitrogen and oxygen atoms in total. The standard InChI is InChI=1S/C22H28N2O8S2/c1-10(2)30-22(29)32-13(5)31-21(28)18-19(33-7-6-15-14(8-25)23-9-34-15)11(3)17-16(12(4)26)20(27)24(17)18/h6-7,9-13,16-17,25-26H,8H2,1-5H3/t11-,12-,13?,16-,17-/m1/s1. The zero-order valence-corrected chi connectivity index (χ0v) is 21.1. The summed E-state index contributed by atoms with van der Waals surface area (Å²) in [5.74, 6) is -2.05. The second-order valence-electron chi connectivity index (χ2n) is 8.22. The van der Waals surface area contributed by atoms with E-state index in [1.807, 2.05) is 6.92 Å². The van der Waals surface area contributed by atoms with Gasteiger partial charge >= 0.3 is 12.1 Å². The van der Waals surface area contributed by atoms with E-state index in [1.54, 1.807) is 37.8 Å². The van der Waals surface area contributed by atoms with Gasteiger partial charge in [0.25, 0.3) is 0 Å². The summed E-state index contributed by atoms with van der Waals surface area (Å²) < 4.78 is 15.1. The van der Waals surface area contributed by atoms with E-state index in [4.69, 9.17) is 14.2 Å². The van der Waals surface area contributed by atoms with Crippen LogP contribution in [-0.4, -0.2) is 62.7 Å². The zero-order chi connectivity index (χ0) is 25.2. The van der Waals surface area contributed by atoms with E-state index in [0.29, 0.717) is 10.6 Å². The number of ether oxygens (including phenoxy) is 3. The molecule has 3 heterocycles. The molecule has 0 spiro atoms. The predicted octanol–water partition coefficient (Wildman–Crippen LogP) is 2.86. The number of amides is 1. The number of esters is 1. The predicted molar refractivity (Wildman–Crippen MR) is 125 cm³/mol. The maximum atomic E-state index is 13.1. The Labute approximate surface area is 205 Å². The third-order valence-electron chi connectivity index (χ3n) is 5.41. The number of fused-ring (bicyclic) bond motifs is 1. The minimum Gasteiger partial charge on any atom is -0.431 e. The number of aromatic nitrogens is 1. The first-order valence-corrected chi connectivity index (χ1v) is 12.5. The van der Waals surface area contributed by atoms with Gasteiger partial charge in [0.15, 0.2) is 0 Å². The van der Waals surface area contributed by atoms with Crippen LogP contribution in [0.1, 0.15) is 45.2 Å². The summed E-state index contributed by atoms with van der Waals surface area (Å²) in [5, 5.41) is 21.2. The van der Waals surface area contributed by atoms with Crippen LogP contribution >= 0.6 is 23.1 Å². The highest BCUT2D eigenvalue weighted by atomic mass is 32.2. The van der Waals surface area contributed by atoms with Crippen LogP contribution in [0.5, 0.6) is 0 Å². The first-order chi connectivity index (χ1) is 16.1. The van der Waals surface area contributed by atoms with E-state index in [2.05, 4.69) is 4.98 Å². The number of aliphatic hydroxyl groups excluding tert-OH is 2. The van der Waals surface area contributed by atoms with Crippen molar-refractivity contribution in [3.63, 3.8) is 0 Å². The molecule has 12 heteroatoms. The Hall–Kier alpha value is -2.41. The number of hydrogen-bond acceptors (Lipinski definition) is 11. The molecule has 2 aliphatic rings. The van der Waals surface area contributed by atoms with Gasteiger partial charge in [-0.15, -0.1) is 11.3 Å². The summed E-state index contributed by atoms with van der Waals surface area (Å²) in [5.41, 5.74) is 2.23. The number of nitrogens with zero attached hydrogens (tertiary/aromatic N) is 2. The van der Waals surface area contributed by atoms with Crippen LogP contribution in [0.4, 0.5) is 4.79 Å². The molecule has 2 N–H and O–H groups in total. The average Bonchev–Trinajstić information content (AvgIpc) is 3.28. The zero-order valence-electron chi connectivity index (χ0n) is 19.5. The molecule has 1 unspecified atom stereocenters. The number of thioether (sulfide) groups is 1. The highest BCUT2D eigenvalue weighted by Gasteiger charge is 2.60. The van der Waals surface area contributed by atoms with Gasteiger partial charge in [0.05, 0.1) is 46.9 Å². The molecule has 0 radical (unpaired) electrons. The molecule has 0 bridgehead atoms. The molecule has 3 rings (SSSR count). The molecule has 186 valence electrons. The first-order valence-electron chi connectivity index (χ1n) is 10.8. The fourth-order valence-corrected chi connectivity index (χ4v) is 5.73. The van der Waals surface area contributed by atoms with E-state index in [1.165, 1.54) is 34.9 Å². The van der Waals surface area contributed by atoms with E-state index < -0.39 is 36.5 Å². The fraction of sp³-hybridized carbons (Fsp3) is 0.545. The van der Waals surface area contributed by atoms with E-state index in [0.717, 1.165) is 4.88 Å². The molecule has 1 aromatic rings. The SMILES string of the molecule is CC(C)OC(=O)OC(C)OC(=O)C1=C(SC=Cc2scnc2CO)[C@H](C)[C@@H]2[C@@H]([C@@H](C)O)C(=O)N12. The van der Waals surface area contributed by atoms with E-state index in [-0.39, 0.29) is 30.2 Å². The second kappa shape index (κ2) is 10.9. The number of hydrogen-bond donors (Lipinski definition) is 2. The number of β-lactam (4-membered cyclic amide) rings is 1. The van der Waals surface area contributed by atoms with Crippen molar-refractivity contribution in [1.29, 1.82) is 0 Å². The van der Waals surface area contributed by atoms with Crippen molar-refractivity contribution in [1.82, 2.24) is 9.88 Å². The summed E-state index contributed by atoms with van der Waals surface area (Å²) in [6.45, 7) is 7.92. The molecule has 0 aliphatic carbocycles. The molecule has 0 aromatic carbocycles. The number of thiazole rings is 1. The molecular weight excluding hydrogens is 484 g/mol. The number of rotatable bonds is 9. The van der Waals surface area contributed by atoms with Crippen molar-refractivity contribution in [3.8, 4) is 0 Å². The molecule has 1 saturated heterocycles. The Bertz CT molecular complexity index is 1000. The van der Waals surface area contributed by atoms with Crippen LogP contribution in [0, 0.1) is 11.8 Å². The van der Waals surface area contributed by atoms with Crippen LogP contribution in [0.3, 0.4) is 0 Å². The van der Waals surface area contributed by atoms with Crippen molar-refractivity contribution in [2.24, 2.45) is 11.8 Å². The highest BCUT2D eigenvalue weighted by Crippen LogP contribution is 2.51. The Morgan fingerprint density at radius 1 is 1.26 bits per heavy atom. The topological polar surface area (TPSA) is 135 Å². The summed E-state index contributed by atoms with van der Waals surface area (Å²) in [4.78, 5) is 44.4. The maximum absolute atomic E-state index is 13.1. The van der Waals surface area contributed by atoms with Crippen molar-refractivity contribution >= 4 is 47.2 Å². The monoisotopic (exact) mass is 512 g/mol. The smallest absolute Gasteiger partial charge is 0.431 e. The lowest BCUT2D eigenvalue weighted by atomic mass is 9.79. The van der Waals surface area contributed by atoms with Crippen molar-refractivity contribution in [2.75, 3.05) is 0 Å². The van der Waals surface area contributed by atoms with Gasteiger partial charge in [0, 0.05) is 17.7 Å². The second-order valence-corrected chi connectivity index (χ2v) is 10.1. The van der Waals surface area contributed by atoms with Crippen LogP contribution in [-0.2, 0) is 30.4 Å². The molecule has 1 aromatic heterocycles. The number of aliphatic hydroxyl groups is 2. The first kappa shape index (κ1) is 26.2. The molecular formula is C22H28N2O8S2. The lowest BCUT2D eigenvalue weighted by Gasteiger charge is -2.46. The van der Waals surface area contributed by atoms with Crippen LogP contribution in [0.2, 0.25) is 0 Å². The Morgan fingerprint density at radius 2 is 1.97 bits per heavy atom. The quantitative estimate of drug-likeness (QED) is 0.289. The average molecular weight is 513 g/mol. The Balaban J connectivity index is 1.82. The van der Waals surface area contributed by atoms with Gasteiger partial charge in [0.2, 0.25) is 12.2 Å². The van der Waals surface area contributed by atoms with E-state index >= 15 is 0 Å². The van der Waals surface area contributed by atoms with Crippen LogP contribution in [0.25, 0.3) is 6.08 Å². The molecule has 34 heavy (non-hydrogen) atoms. The summed E-state index contributed by atoms with van der Waals surface area (Å²) in [7, 11) is 0. The lowest BCUT2D eigenvalue weighted by molar-refractivity contribution is -0.174. The minimum atomic E-state index is -1.24. The van der Waals surface area contributed by atoms with Crippen LogP contribution < -0.4 is 0 Å². The molecule has 1 fully saturated rings. The maximum Gasteiger partial charge on any atom is 0.511 e. The molecule has 0 saturated carbocycles. The summed E-state index contributed by atoms with van der Waals surface area (Å²) in [6, 6.07) is -0.385. The summed E-state index contributed by atoms with van der Waals surface area (Å²) >= 11 is 2.61. The fourth-order valence-electron chi connectivity index (χ4n) is 3.96. The Kier molecular flexibility index (Phi) is 8.39. The molecule has 2 aliphatic heterocycles. The number of carbonyl (C=O) groups excluding carboxylic acids is 3. The lowest BCUT2D eigenvalue weighted by Crippen LogP contribution is -2.63. The largest absolute Gasteiger partial charge is 0.511 e. The molecule has 5 atom stereocenters. The highest BCUT2D eigenvalue weighted by molar-refractivity contribution is 8.06. The third-order valence-corrected chi connectivity index (χ3v) is 7.33. The third kappa shape index (κ3) is 5.29. The molecule has 1 amide bonds. The van der Waals surface area contributed by atoms with Crippen molar-refractivity contribution in [3.05, 3.63) is 32.1 Å². The van der Waals surface area contributed by atoms with Gasteiger partial charge in [0.1, 0.15) is 5.70 Å². The van der Waals surface area contributed by atoms with E-state index in [9.17, 15) is 24.6 Å². The number of carbonyl (C=O) groups is 3.